The zero-order valence-corrected chi connectivity index (χ0v) is 20.3. The Morgan fingerprint density at radius 2 is 2.03 bits per heavy atom. The summed E-state index contributed by atoms with van der Waals surface area (Å²) in [4.78, 5) is 42.3. The zero-order chi connectivity index (χ0) is 23.8. The van der Waals surface area contributed by atoms with Crippen molar-refractivity contribution >= 4 is 29.5 Å². The van der Waals surface area contributed by atoms with Crippen LogP contribution in [0.2, 0.25) is 0 Å². The topological polar surface area (TPSA) is 95.9 Å². The van der Waals surface area contributed by atoms with E-state index >= 15 is 0 Å². The first-order valence-electron chi connectivity index (χ1n) is 12.0. The highest BCUT2D eigenvalue weighted by Crippen LogP contribution is 2.69. The number of nitrogens with one attached hydrogen (secondary N) is 1. The Balaban J connectivity index is 1.79. The molecule has 0 saturated carbocycles. The first-order chi connectivity index (χ1) is 15.9. The second-order valence-corrected chi connectivity index (χ2v) is 10.9. The SMILES string of the molecule is CCCCNC(=O)C1N([C@H](CO)c2ccccc2)C(=O)[C@@H]2[C@H](C(=O)OCC)[C@@H]3CC(C)C12S3. The van der Waals surface area contributed by atoms with E-state index in [0.717, 1.165) is 24.8 Å². The van der Waals surface area contributed by atoms with Gasteiger partial charge >= 0.3 is 5.97 Å². The summed E-state index contributed by atoms with van der Waals surface area (Å²) >= 11 is 1.62. The van der Waals surface area contributed by atoms with Gasteiger partial charge in [0.15, 0.2) is 0 Å². The van der Waals surface area contributed by atoms with Crippen LogP contribution in [0.25, 0.3) is 0 Å². The summed E-state index contributed by atoms with van der Waals surface area (Å²) in [7, 11) is 0. The van der Waals surface area contributed by atoms with Crippen molar-refractivity contribution in [2.45, 2.75) is 62.1 Å². The molecule has 2 bridgehead atoms. The van der Waals surface area contributed by atoms with Crippen LogP contribution in [0.4, 0.5) is 0 Å². The molecule has 8 heteroatoms. The van der Waals surface area contributed by atoms with Crippen LogP contribution in [0.3, 0.4) is 0 Å². The minimum absolute atomic E-state index is 0.0367. The van der Waals surface area contributed by atoms with Gasteiger partial charge in [-0.25, -0.2) is 0 Å². The van der Waals surface area contributed by atoms with Crippen LogP contribution in [-0.4, -0.2) is 63.6 Å². The van der Waals surface area contributed by atoms with E-state index in [1.165, 1.54) is 0 Å². The van der Waals surface area contributed by atoms with Crippen molar-refractivity contribution in [2.24, 2.45) is 17.8 Å². The van der Waals surface area contributed by atoms with Crippen LogP contribution < -0.4 is 5.32 Å². The summed E-state index contributed by atoms with van der Waals surface area (Å²) in [6.07, 6.45) is 2.56. The van der Waals surface area contributed by atoms with E-state index in [0.29, 0.717) is 6.54 Å². The molecule has 3 fully saturated rings. The van der Waals surface area contributed by atoms with Gasteiger partial charge in [0.05, 0.1) is 35.8 Å². The highest BCUT2D eigenvalue weighted by Gasteiger charge is 2.76. The Kier molecular flexibility index (Phi) is 7.05. The number of aliphatic hydroxyl groups excluding tert-OH is 1. The number of carbonyl (C=O) groups excluding carboxylic acids is 3. The molecule has 1 aromatic carbocycles. The first kappa shape index (κ1) is 24.1. The van der Waals surface area contributed by atoms with E-state index in [1.807, 2.05) is 30.3 Å². The van der Waals surface area contributed by atoms with Gasteiger partial charge in [-0.3, -0.25) is 14.4 Å². The number of ether oxygens (including phenoxy) is 1. The molecule has 3 aliphatic rings. The Bertz CT molecular complexity index is 896. The van der Waals surface area contributed by atoms with Crippen molar-refractivity contribution in [2.75, 3.05) is 19.8 Å². The normalized spacial score (nSPS) is 33.2. The van der Waals surface area contributed by atoms with Gasteiger partial charge in [0.2, 0.25) is 11.8 Å². The van der Waals surface area contributed by atoms with Crippen molar-refractivity contribution in [1.29, 1.82) is 0 Å². The number of amides is 2. The first-order valence-corrected chi connectivity index (χ1v) is 12.9. The van der Waals surface area contributed by atoms with E-state index in [4.69, 9.17) is 4.74 Å². The highest BCUT2D eigenvalue weighted by atomic mass is 32.2. The lowest BCUT2D eigenvalue weighted by Gasteiger charge is -2.40. The number of unbranched alkanes of at least 4 members (excludes halogenated alkanes) is 1. The molecule has 7 atom stereocenters. The molecule has 3 heterocycles. The summed E-state index contributed by atoms with van der Waals surface area (Å²) in [5.74, 6) is -1.89. The summed E-state index contributed by atoms with van der Waals surface area (Å²) < 4.78 is 4.67. The number of benzene rings is 1. The third-order valence-electron chi connectivity index (χ3n) is 7.51. The lowest BCUT2D eigenvalue weighted by atomic mass is 9.66. The summed E-state index contributed by atoms with van der Waals surface area (Å²) in [5, 5.41) is 13.4. The number of esters is 1. The van der Waals surface area contributed by atoms with Gasteiger partial charge in [0.1, 0.15) is 6.04 Å². The molecule has 2 N–H and O–H groups in total. The molecule has 0 aromatic heterocycles. The van der Waals surface area contributed by atoms with Gasteiger partial charge in [-0.2, -0.15) is 0 Å². The summed E-state index contributed by atoms with van der Waals surface area (Å²) in [6, 6.07) is 7.91. The lowest BCUT2D eigenvalue weighted by molar-refractivity contribution is -0.154. The van der Waals surface area contributed by atoms with Gasteiger partial charge in [-0.05, 0) is 31.2 Å². The second-order valence-electron chi connectivity index (χ2n) is 9.30. The second kappa shape index (κ2) is 9.66. The minimum Gasteiger partial charge on any atom is -0.466 e. The number of hydrogen-bond acceptors (Lipinski definition) is 6. The van der Waals surface area contributed by atoms with E-state index in [-0.39, 0.29) is 42.2 Å². The number of nitrogens with zero attached hydrogens (tertiary/aromatic N) is 1. The lowest BCUT2D eigenvalue weighted by Crippen LogP contribution is -2.57. The fourth-order valence-corrected chi connectivity index (χ4v) is 8.51. The van der Waals surface area contributed by atoms with Gasteiger partial charge in [-0.15, -0.1) is 11.8 Å². The van der Waals surface area contributed by atoms with Crippen molar-refractivity contribution in [3.8, 4) is 0 Å². The molecule has 4 rings (SSSR count). The Labute approximate surface area is 199 Å². The maximum atomic E-state index is 14.1. The third-order valence-corrected chi connectivity index (χ3v) is 9.59. The molecule has 3 saturated heterocycles. The monoisotopic (exact) mass is 474 g/mol. The molecule has 3 unspecified atom stereocenters. The van der Waals surface area contributed by atoms with Crippen LogP contribution in [0.1, 0.15) is 51.6 Å². The summed E-state index contributed by atoms with van der Waals surface area (Å²) in [5.41, 5.74) is 0.774. The van der Waals surface area contributed by atoms with Gasteiger partial charge in [0.25, 0.3) is 0 Å². The maximum Gasteiger partial charge on any atom is 0.310 e. The largest absolute Gasteiger partial charge is 0.466 e. The van der Waals surface area contributed by atoms with Crippen molar-refractivity contribution in [3.63, 3.8) is 0 Å². The predicted molar refractivity (Wildman–Crippen MR) is 126 cm³/mol. The van der Waals surface area contributed by atoms with Crippen molar-refractivity contribution in [1.82, 2.24) is 10.2 Å². The molecular formula is C25H34N2O5S. The molecule has 180 valence electrons. The number of hydrogen-bond donors (Lipinski definition) is 2. The standard InChI is InChI=1S/C25H34N2O5S/c1-4-6-12-26-22(29)21-25-15(3)13-18(33-25)19(24(31)32-5-2)20(25)23(30)27(21)17(14-28)16-10-8-7-9-11-16/h7-11,15,17-21,28H,4-6,12-14H2,1-3H3,(H,26,29)/t15?,17-,18+,19-,20+,21?,25?/m1/s1. The molecule has 0 radical (unpaired) electrons. The number of fused-ring (bicyclic) bond motifs is 1. The predicted octanol–water partition coefficient (Wildman–Crippen LogP) is 2.54. The average molecular weight is 475 g/mol. The Morgan fingerprint density at radius 1 is 1.30 bits per heavy atom. The van der Waals surface area contributed by atoms with Crippen LogP contribution in [0, 0.1) is 17.8 Å². The van der Waals surface area contributed by atoms with Crippen molar-refractivity contribution in [3.05, 3.63) is 35.9 Å². The quantitative estimate of drug-likeness (QED) is 0.422. The maximum absolute atomic E-state index is 14.1. The molecule has 7 nitrogen and oxygen atoms in total. The van der Waals surface area contributed by atoms with Gasteiger partial charge < -0.3 is 20.1 Å². The number of carbonyl (C=O) groups is 3. The van der Waals surface area contributed by atoms with E-state index in [1.54, 1.807) is 23.6 Å². The molecule has 0 aliphatic carbocycles. The van der Waals surface area contributed by atoms with Crippen LogP contribution in [0.15, 0.2) is 30.3 Å². The number of likely N-dealkylation sites (tertiary alicyclic amines) is 1. The van der Waals surface area contributed by atoms with Crippen LogP contribution in [-0.2, 0) is 19.1 Å². The fraction of sp³-hybridized carbons (Fsp3) is 0.640. The van der Waals surface area contributed by atoms with Gasteiger partial charge in [0, 0.05) is 11.8 Å². The molecule has 2 amide bonds. The average Bonchev–Trinajstić information content (AvgIpc) is 3.40. The molecular weight excluding hydrogens is 440 g/mol. The molecule has 1 aromatic rings. The Hall–Kier alpha value is -2.06. The third kappa shape index (κ3) is 3.75. The number of rotatable bonds is 9. The molecule has 33 heavy (non-hydrogen) atoms. The highest BCUT2D eigenvalue weighted by molar-refractivity contribution is 8.02. The minimum atomic E-state index is -0.756. The zero-order valence-electron chi connectivity index (χ0n) is 19.5. The Morgan fingerprint density at radius 3 is 2.67 bits per heavy atom. The summed E-state index contributed by atoms with van der Waals surface area (Å²) in [6.45, 7) is 6.40. The van der Waals surface area contributed by atoms with E-state index in [9.17, 15) is 19.5 Å². The van der Waals surface area contributed by atoms with Gasteiger partial charge in [-0.1, -0.05) is 50.6 Å². The fourth-order valence-electron chi connectivity index (χ4n) is 6.12. The van der Waals surface area contributed by atoms with Crippen LogP contribution in [0.5, 0.6) is 0 Å². The number of aliphatic hydroxyl groups is 1. The van der Waals surface area contributed by atoms with Crippen LogP contribution >= 0.6 is 11.8 Å². The van der Waals surface area contributed by atoms with E-state index < -0.39 is 28.7 Å². The molecule has 3 aliphatic heterocycles. The number of thioether (sulfide) groups is 1. The van der Waals surface area contributed by atoms with E-state index in [2.05, 4.69) is 19.2 Å². The molecule has 1 spiro atoms. The van der Waals surface area contributed by atoms with Crippen molar-refractivity contribution < 1.29 is 24.2 Å². The smallest absolute Gasteiger partial charge is 0.310 e.